The fraction of sp³-hybridized carbons (Fsp3) is 0.0909. The molecule has 19 heavy (non-hydrogen) atoms. The van der Waals surface area contributed by atoms with Crippen molar-refractivity contribution in [2.75, 3.05) is 4.72 Å². The first-order chi connectivity index (χ1) is 8.81. The lowest BCUT2D eigenvalue weighted by Crippen LogP contribution is -2.11. The van der Waals surface area contributed by atoms with Gasteiger partial charge in [0.05, 0.1) is 14.5 Å². The first-order valence-electron chi connectivity index (χ1n) is 5.07. The van der Waals surface area contributed by atoms with Crippen LogP contribution in [0.15, 0.2) is 32.3 Å². The fourth-order valence-corrected chi connectivity index (χ4v) is 4.82. The van der Waals surface area contributed by atoms with Gasteiger partial charge < -0.3 is 5.11 Å². The van der Waals surface area contributed by atoms with E-state index in [-0.39, 0.29) is 20.7 Å². The smallest absolute Gasteiger partial charge is 0.271 e. The summed E-state index contributed by atoms with van der Waals surface area (Å²) in [5.74, 6) is -0.292. The van der Waals surface area contributed by atoms with Gasteiger partial charge in [-0.2, -0.15) is 0 Å². The number of rotatable bonds is 3. The van der Waals surface area contributed by atoms with Gasteiger partial charge in [0, 0.05) is 0 Å². The standard InChI is InChI=1S/C11H9BrClNO3S2/c1-6-5-9(18-11(6)12)19(16,17)14-8-4-2-3-7(13)10(8)15/h2-5,14-15H,1H3. The van der Waals surface area contributed by atoms with Crippen LogP contribution in [0.3, 0.4) is 0 Å². The van der Waals surface area contributed by atoms with Crippen LogP contribution in [-0.2, 0) is 10.0 Å². The number of hydrogen-bond acceptors (Lipinski definition) is 4. The van der Waals surface area contributed by atoms with Gasteiger partial charge in [-0.15, -0.1) is 11.3 Å². The van der Waals surface area contributed by atoms with E-state index in [1.54, 1.807) is 19.1 Å². The molecule has 0 unspecified atom stereocenters. The van der Waals surface area contributed by atoms with Crippen LogP contribution in [0, 0.1) is 6.92 Å². The van der Waals surface area contributed by atoms with Crippen molar-refractivity contribution in [3.63, 3.8) is 0 Å². The van der Waals surface area contributed by atoms with Crippen LogP contribution >= 0.6 is 38.9 Å². The lowest BCUT2D eigenvalue weighted by atomic mass is 10.3. The molecule has 0 spiro atoms. The Kier molecular flexibility index (Phi) is 4.10. The van der Waals surface area contributed by atoms with Gasteiger partial charge in [-0.3, -0.25) is 4.72 Å². The first kappa shape index (κ1) is 14.6. The van der Waals surface area contributed by atoms with Gasteiger partial charge in [0.1, 0.15) is 4.21 Å². The van der Waals surface area contributed by atoms with E-state index in [1.165, 1.54) is 12.1 Å². The maximum atomic E-state index is 12.2. The molecule has 0 aliphatic heterocycles. The number of thiophene rings is 1. The third kappa shape index (κ3) is 3.05. The molecule has 0 radical (unpaired) electrons. The molecule has 0 saturated carbocycles. The SMILES string of the molecule is Cc1cc(S(=O)(=O)Nc2cccc(Cl)c2O)sc1Br. The molecule has 0 bridgehead atoms. The number of hydrogen-bond donors (Lipinski definition) is 2. The van der Waals surface area contributed by atoms with Gasteiger partial charge in [-0.25, -0.2) is 8.42 Å². The van der Waals surface area contributed by atoms with Crippen LogP contribution < -0.4 is 4.72 Å². The molecule has 0 aliphatic rings. The summed E-state index contributed by atoms with van der Waals surface area (Å²) >= 11 is 10.1. The van der Waals surface area contributed by atoms with Crippen molar-refractivity contribution in [2.24, 2.45) is 0 Å². The van der Waals surface area contributed by atoms with Crippen molar-refractivity contribution in [3.05, 3.63) is 38.6 Å². The number of sulfonamides is 1. The van der Waals surface area contributed by atoms with Gasteiger partial charge >= 0.3 is 0 Å². The van der Waals surface area contributed by atoms with E-state index >= 15 is 0 Å². The van der Waals surface area contributed by atoms with Gasteiger partial charge in [0.2, 0.25) is 0 Å². The predicted octanol–water partition coefficient (Wildman–Crippen LogP) is 3.98. The minimum Gasteiger partial charge on any atom is -0.504 e. The van der Waals surface area contributed by atoms with E-state index in [4.69, 9.17) is 11.6 Å². The van der Waals surface area contributed by atoms with E-state index in [9.17, 15) is 13.5 Å². The minimum absolute atomic E-state index is 0.0506. The quantitative estimate of drug-likeness (QED) is 0.789. The Labute approximate surface area is 128 Å². The molecule has 0 fully saturated rings. The van der Waals surface area contributed by atoms with Gasteiger partial charge in [0.25, 0.3) is 10.0 Å². The molecule has 2 N–H and O–H groups in total. The Hall–Kier alpha value is -0.760. The van der Waals surface area contributed by atoms with Crippen LogP contribution in [0.4, 0.5) is 5.69 Å². The second-order valence-electron chi connectivity index (χ2n) is 3.76. The van der Waals surface area contributed by atoms with E-state index in [1.807, 2.05) is 0 Å². The van der Waals surface area contributed by atoms with Crippen molar-refractivity contribution in [1.82, 2.24) is 0 Å². The Morgan fingerprint density at radius 3 is 2.68 bits per heavy atom. The molecule has 2 aromatic rings. The highest BCUT2D eigenvalue weighted by Gasteiger charge is 2.20. The second kappa shape index (κ2) is 5.32. The predicted molar refractivity (Wildman–Crippen MR) is 80.7 cm³/mol. The molecule has 102 valence electrons. The fourth-order valence-electron chi connectivity index (χ4n) is 1.36. The summed E-state index contributed by atoms with van der Waals surface area (Å²) in [4.78, 5) is 0. The molecule has 1 heterocycles. The average molecular weight is 383 g/mol. The van der Waals surface area contributed by atoms with Crippen LogP contribution in [-0.4, -0.2) is 13.5 Å². The number of aryl methyl sites for hydroxylation is 1. The summed E-state index contributed by atoms with van der Waals surface area (Å²) in [5.41, 5.74) is 0.885. The number of nitrogens with one attached hydrogen (secondary N) is 1. The van der Waals surface area contributed by atoms with E-state index in [0.29, 0.717) is 0 Å². The normalized spacial score (nSPS) is 11.5. The van der Waals surface area contributed by atoms with Crippen LogP contribution in [0.1, 0.15) is 5.56 Å². The highest BCUT2D eigenvalue weighted by atomic mass is 79.9. The van der Waals surface area contributed by atoms with Crippen LogP contribution in [0.2, 0.25) is 5.02 Å². The number of anilines is 1. The Morgan fingerprint density at radius 2 is 2.11 bits per heavy atom. The summed E-state index contributed by atoms with van der Waals surface area (Å²) in [5, 5.41) is 9.79. The zero-order valence-corrected chi connectivity index (χ0v) is 13.6. The highest BCUT2D eigenvalue weighted by Crippen LogP contribution is 2.35. The van der Waals surface area contributed by atoms with Gasteiger partial charge in [-0.1, -0.05) is 17.7 Å². The van der Waals surface area contributed by atoms with Gasteiger partial charge in [0.15, 0.2) is 5.75 Å². The van der Waals surface area contributed by atoms with Crippen molar-refractivity contribution >= 4 is 54.6 Å². The Morgan fingerprint density at radius 1 is 1.42 bits per heavy atom. The number of benzene rings is 1. The average Bonchev–Trinajstić information content (AvgIpc) is 2.66. The third-order valence-electron chi connectivity index (χ3n) is 2.33. The van der Waals surface area contributed by atoms with Crippen molar-refractivity contribution in [3.8, 4) is 5.75 Å². The number of phenolic OH excluding ortho intramolecular Hbond substituents is 1. The molecule has 8 heteroatoms. The van der Waals surface area contributed by atoms with Crippen LogP contribution in [0.5, 0.6) is 5.75 Å². The van der Waals surface area contributed by atoms with E-state index in [2.05, 4.69) is 20.7 Å². The molecule has 2 rings (SSSR count). The zero-order valence-electron chi connectivity index (χ0n) is 9.65. The highest BCUT2D eigenvalue weighted by molar-refractivity contribution is 9.11. The molecule has 0 amide bonds. The minimum atomic E-state index is -3.73. The Bertz CT molecular complexity index is 708. The molecular formula is C11H9BrClNO3S2. The number of phenols is 1. The third-order valence-corrected chi connectivity index (χ3v) is 6.61. The first-order valence-corrected chi connectivity index (χ1v) is 8.54. The largest absolute Gasteiger partial charge is 0.504 e. The monoisotopic (exact) mass is 381 g/mol. The topological polar surface area (TPSA) is 66.4 Å². The van der Waals surface area contributed by atoms with Crippen molar-refractivity contribution in [1.29, 1.82) is 0 Å². The summed E-state index contributed by atoms with van der Waals surface area (Å²) in [6.07, 6.45) is 0. The maximum absolute atomic E-state index is 12.2. The summed E-state index contributed by atoms with van der Waals surface area (Å²) < 4.78 is 27.5. The molecule has 0 atom stereocenters. The Balaban J connectivity index is 2.39. The number of halogens is 2. The maximum Gasteiger partial charge on any atom is 0.271 e. The number of aromatic hydroxyl groups is 1. The molecule has 1 aromatic carbocycles. The summed E-state index contributed by atoms with van der Waals surface area (Å²) in [6.45, 7) is 1.80. The molecular weight excluding hydrogens is 374 g/mol. The lowest BCUT2D eigenvalue weighted by Gasteiger charge is -2.08. The van der Waals surface area contributed by atoms with E-state index in [0.717, 1.165) is 20.7 Å². The molecule has 1 aromatic heterocycles. The second-order valence-corrected chi connectivity index (χ2v) is 8.45. The van der Waals surface area contributed by atoms with Crippen LogP contribution in [0.25, 0.3) is 0 Å². The zero-order chi connectivity index (χ0) is 14.2. The van der Waals surface area contributed by atoms with Gasteiger partial charge in [-0.05, 0) is 46.6 Å². The summed E-state index contributed by atoms with van der Waals surface area (Å²) in [6, 6.07) is 6.02. The summed E-state index contributed by atoms with van der Waals surface area (Å²) in [7, 11) is -3.73. The molecule has 4 nitrogen and oxygen atoms in total. The van der Waals surface area contributed by atoms with Crippen molar-refractivity contribution < 1.29 is 13.5 Å². The number of para-hydroxylation sites is 1. The van der Waals surface area contributed by atoms with E-state index < -0.39 is 10.0 Å². The lowest BCUT2D eigenvalue weighted by molar-refractivity contribution is 0.478. The molecule has 0 saturated heterocycles. The molecule has 0 aliphatic carbocycles. The van der Waals surface area contributed by atoms with Crippen molar-refractivity contribution in [2.45, 2.75) is 11.1 Å².